The van der Waals surface area contributed by atoms with Crippen molar-refractivity contribution in [3.8, 4) is 0 Å². The van der Waals surface area contributed by atoms with Crippen LogP contribution in [0, 0.1) is 40.4 Å². The fraction of sp³-hybridized carbons (Fsp3) is 0.913. The van der Waals surface area contributed by atoms with Crippen molar-refractivity contribution in [3.05, 3.63) is 0 Å². The van der Waals surface area contributed by atoms with E-state index in [0.717, 1.165) is 62.3 Å². The molecule has 4 fully saturated rings. The van der Waals surface area contributed by atoms with Crippen LogP contribution in [0.3, 0.4) is 0 Å². The molecule has 0 amide bonds. The Hall–Kier alpha value is -0.900. The van der Waals surface area contributed by atoms with Gasteiger partial charge in [0.25, 0.3) is 0 Å². The Balaban J connectivity index is 1.51. The molecule has 4 heteroatoms. The van der Waals surface area contributed by atoms with Gasteiger partial charge in [0.1, 0.15) is 12.4 Å². The van der Waals surface area contributed by atoms with E-state index in [2.05, 4.69) is 31.2 Å². The maximum absolute atomic E-state index is 12.6. The molecule has 27 heavy (non-hydrogen) atoms. The largest absolute Gasteiger partial charge is 0.394 e. The number of hydrogen-bond acceptors (Lipinski definition) is 4. The first-order chi connectivity index (χ1) is 12.9. The number of rotatable bonds is 4. The lowest BCUT2D eigenvalue weighted by Crippen LogP contribution is -2.56. The molecule has 0 spiro atoms. The minimum atomic E-state index is -0.0128. The highest BCUT2D eigenvalue weighted by molar-refractivity contribution is 5.87. The van der Waals surface area contributed by atoms with Gasteiger partial charge in [-0.25, -0.2) is 0 Å². The van der Waals surface area contributed by atoms with Gasteiger partial charge in [0.15, 0.2) is 0 Å². The molecule has 1 N–H and O–H groups in total. The summed E-state index contributed by atoms with van der Waals surface area (Å²) in [6, 6.07) is 0. The van der Waals surface area contributed by atoms with Crippen molar-refractivity contribution in [2.45, 2.75) is 72.1 Å². The number of likely N-dealkylation sites (N-methyl/N-ethyl adjacent to an activating group) is 1. The lowest BCUT2D eigenvalue weighted by atomic mass is 9.43. The van der Waals surface area contributed by atoms with E-state index >= 15 is 0 Å². The quantitative estimate of drug-likeness (QED) is 0.585. The normalized spacial score (nSPS) is 48.1. The van der Waals surface area contributed by atoms with E-state index in [1.165, 1.54) is 25.0 Å². The Labute approximate surface area is 164 Å². The number of ketones is 1. The zero-order valence-electron chi connectivity index (χ0n) is 17.7. The van der Waals surface area contributed by atoms with E-state index in [9.17, 15) is 4.79 Å². The molecule has 152 valence electrons. The molecule has 4 saturated carbocycles. The van der Waals surface area contributed by atoms with Crippen LogP contribution in [-0.4, -0.2) is 31.7 Å². The van der Waals surface area contributed by atoms with Crippen molar-refractivity contribution in [1.82, 2.24) is 5.32 Å². The predicted molar refractivity (Wildman–Crippen MR) is 109 cm³/mol. The van der Waals surface area contributed by atoms with Crippen molar-refractivity contribution in [2.24, 2.45) is 45.6 Å². The van der Waals surface area contributed by atoms with E-state index in [1.807, 2.05) is 7.05 Å². The van der Waals surface area contributed by atoms with Crippen LogP contribution < -0.4 is 5.32 Å². The van der Waals surface area contributed by atoms with Gasteiger partial charge in [0.05, 0.1) is 5.71 Å². The molecule has 0 radical (unpaired) electrons. The second kappa shape index (κ2) is 7.17. The molecule has 0 bridgehead atoms. The molecule has 7 atom stereocenters. The van der Waals surface area contributed by atoms with E-state index < -0.39 is 0 Å². The molecule has 4 aliphatic rings. The minimum absolute atomic E-state index is 0.0128. The average molecular weight is 375 g/mol. The molecule has 0 aromatic rings. The molecular weight excluding hydrogens is 336 g/mol. The van der Waals surface area contributed by atoms with Crippen LogP contribution in [-0.2, 0) is 9.63 Å². The number of hydrogen-bond donors (Lipinski definition) is 1. The third-order valence-corrected chi connectivity index (χ3v) is 9.21. The van der Waals surface area contributed by atoms with Gasteiger partial charge in [0.2, 0.25) is 0 Å². The SMILES string of the molecule is CNCCON=C1CC[C@@]2(C)C(C1)CC(C)[C@@H]1[C@H]2CC[C@]2(C)C(=O)CC[C@@H]12. The maximum Gasteiger partial charge on any atom is 0.139 e. The zero-order valence-corrected chi connectivity index (χ0v) is 17.7. The second-order valence-electron chi connectivity index (χ2n) is 10.4. The smallest absolute Gasteiger partial charge is 0.139 e. The van der Waals surface area contributed by atoms with Gasteiger partial charge in [-0.05, 0) is 87.0 Å². The average Bonchev–Trinajstić information content (AvgIpc) is 2.95. The van der Waals surface area contributed by atoms with Crippen molar-refractivity contribution >= 4 is 11.5 Å². The van der Waals surface area contributed by atoms with E-state index in [0.29, 0.717) is 23.7 Å². The standard InChI is InChI=1S/C23H38N2O2/c1-15-13-16-14-17(25-27-12-11-24-4)7-9-22(16,2)19-8-10-23(3)18(21(15)19)5-6-20(23)26/h15-16,18-19,21,24H,5-14H2,1-4H3/t15?,16?,18-,19+,21-,22-,23-/m0/s1. The Morgan fingerprint density at radius 3 is 2.78 bits per heavy atom. The highest BCUT2D eigenvalue weighted by Crippen LogP contribution is 2.66. The van der Waals surface area contributed by atoms with Crippen LogP contribution in [0.15, 0.2) is 5.16 Å². The van der Waals surface area contributed by atoms with Crippen LogP contribution >= 0.6 is 0 Å². The predicted octanol–water partition coefficient (Wildman–Crippen LogP) is 4.44. The molecule has 0 heterocycles. The first-order valence-electron chi connectivity index (χ1n) is 11.3. The number of carbonyl (C=O) groups excluding carboxylic acids is 1. The van der Waals surface area contributed by atoms with Crippen molar-refractivity contribution in [1.29, 1.82) is 0 Å². The van der Waals surface area contributed by atoms with Gasteiger partial charge in [-0.3, -0.25) is 4.79 Å². The molecule has 0 aromatic carbocycles. The molecule has 0 aromatic heterocycles. The van der Waals surface area contributed by atoms with Crippen LogP contribution in [0.2, 0.25) is 0 Å². The summed E-state index contributed by atoms with van der Waals surface area (Å²) in [4.78, 5) is 18.2. The second-order valence-corrected chi connectivity index (χ2v) is 10.4. The van der Waals surface area contributed by atoms with Gasteiger partial charge in [0, 0.05) is 18.4 Å². The van der Waals surface area contributed by atoms with Crippen LogP contribution in [0.4, 0.5) is 0 Å². The summed E-state index contributed by atoms with van der Waals surface area (Å²) < 4.78 is 0. The van der Waals surface area contributed by atoms with Gasteiger partial charge in [-0.15, -0.1) is 0 Å². The first-order valence-corrected chi connectivity index (χ1v) is 11.3. The molecule has 0 saturated heterocycles. The number of nitrogens with one attached hydrogen (secondary N) is 1. The number of Topliss-reactive ketones (excluding diaryl/α,β-unsaturated/α-hetero) is 1. The fourth-order valence-electron chi connectivity index (χ4n) is 7.58. The molecule has 0 aliphatic heterocycles. The lowest BCUT2D eigenvalue weighted by molar-refractivity contribution is -0.143. The summed E-state index contributed by atoms with van der Waals surface area (Å²) in [6.07, 6.45) is 9.11. The number of nitrogens with zero attached hydrogens (tertiary/aromatic N) is 1. The van der Waals surface area contributed by atoms with Gasteiger partial charge in [-0.1, -0.05) is 25.9 Å². The summed E-state index contributed by atoms with van der Waals surface area (Å²) in [5.41, 5.74) is 1.69. The van der Waals surface area contributed by atoms with Crippen molar-refractivity contribution in [3.63, 3.8) is 0 Å². The summed E-state index contributed by atoms with van der Waals surface area (Å²) in [5, 5.41) is 7.58. The number of oxime groups is 1. The Morgan fingerprint density at radius 1 is 1.19 bits per heavy atom. The van der Waals surface area contributed by atoms with Gasteiger partial charge in [-0.2, -0.15) is 0 Å². The molecule has 4 aliphatic carbocycles. The molecule has 2 unspecified atom stereocenters. The van der Waals surface area contributed by atoms with E-state index in [4.69, 9.17) is 4.84 Å². The summed E-state index contributed by atoms with van der Waals surface area (Å²) in [7, 11) is 1.94. The van der Waals surface area contributed by atoms with Crippen LogP contribution in [0.1, 0.15) is 72.1 Å². The van der Waals surface area contributed by atoms with Gasteiger partial charge < -0.3 is 10.2 Å². The summed E-state index contributed by atoms with van der Waals surface area (Å²) in [5.74, 6) is 4.20. The highest BCUT2D eigenvalue weighted by atomic mass is 16.6. The summed E-state index contributed by atoms with van der Waals surface area (Å²) in [6.45, 7) is 8.83. The third-order valence-electron chi connectivity index (χ3n) is 9.21. The molecule has 4 rings (SSSR count). The topological polar surface area (TPSA) is 50.7 Å². The van der Waals surface area contributed by atoms with E-state index in [1.54, 1.807) is 0 Å². The Morgan fingerprint density at radius 2 is 2.00 bits per heavy atom. The van der Waals surface area contributed by atoms with Crippen LogP contribution in [0.25, 0.3) is 0 Å². The number of fused-ring (bicyclic) bond motifs is 5. The zero-order chi connectivity index (χ0) is 19.2. The molecule has 4 nitrogen and oxygen atoms in total. The molecular formula is C23H38N2O2. The lowest BCUT2D eigenvalue weighted by Gasteiger charge is -2.61. The van der Waals surface area contributed by atoms with Gasteiger partial charge >= 0.3 is 0 Å². The van der Waals surface area contributed by atoms with Crippen molar-refractivity contribution in [2.75, 3.05) is 20.2 Å². The van der Waals surface area contributed by atoms with Crippen molar-refractivity contribution < 1.29 is 9.63 Å². The van der Waals surface area contributed by atoms with Crippen LogP contribution in [0.5, 0.6) is 0 Å². The summed E-state index contributed by atoms with van der Waals surface area (Å²) >= 11 is 0. The first kappa shape index (κ1) is 19.4. The minimum Gasteiger partial charge on any atom is -0.394 e. The maximum atomic E-state index is 12.6. The highest BCUT2D eigenvalue weighted by Gasteiger charge is 2.61. The third kappa shape index (κ3) is 3.07. The van der Waals surface area contributed by atoms with E-state index in [-0.39, 0.29) is 5.41 Å². The Bertz CT molecular complexity index is 617. The monoisotopic (exact) mass is 374 g/mol. The number of carbonyl (C=O) groups is 1. The Kier molecular flexibility index (Phi) is 5.15. The fourth-order valence-corrected chi connectivity index (χ4v) is 7.58.